The summed E-state index contributed by atoms with van der Waals surface area (Å²) in [6.07, 6.45) is 2.04. The molecule has 1 N–H and O–H groups in total. The van der Waals surface area contributed by atoms with Crippen LogP contribution in [0.1, 0.15) is 31.7 Å². The van der Waals surface area contributed by atoms with Crippen LogP contribution in [0.5, 0.6) is 0 Å². The monoisotopic (exact) mass is 338 g/mol. The van der Waals surface area contributed by atoms with Crippen molar-refractivity contribution in [3.63, 3.8) is 0 Å². The largest absolute Gasteiger partial charge is 0.393 e. The highest BCUT2D eigenvalue weighted by atomic mass is 19.1. The molecule has 2 aliphatic heterocycles. The van der Waals surface area contributed by atoms with Crippen LogP contribution in [0.4, 0.5) is 8.78 Å². The maximum absolute atomic E-state index is 13.9. The van der Waals surface area contributed by atoms with Gasteiger partial charge < -0.3 is 10.0 Å². The van der Waals surface area contributed by atoms with Crippen molar-refractivity contribution in [1.29, 1.82) is 0 Å². The number of benzene rings is 1. The molecule has 0 aromatic heterocycles. The lowest BCUT2D eigenvalue weighted by molar-refractivity contribution is -0.142. The van der Waals surface area contributed by atoms with Gasteiger partial charge in [-0.1, -0.05) is 13.0 Å². The first-order valence-electron chi connectivity index (χ1n) is 8.60. The molecule has 0 saturated carbocycles. The van der Waals surface area contributed by atoms with Gasteiger partial charge >= 0.3 is 0 Å². The molecular weight excluding hydrogens is 314 g/mol. The van der Waals surface area contributed by atoms with Crippen molar-refractivity contribution >= 4 is 5.91 Å². The number of carbonyl (C=O) groups excluding carboxylic acids is 1. The summed E-state index contributed by atoms with van der Waals surface area (Å²) in [5.74, 6) is -1.07. The Bertz CT molecular complexity index is 611. The molecule has 2 fully saturated rings. The lowest BCUT2D eigenvalue weighted by Crippen LogP contribution is -2.56. The van der Waals surface area contributed by atoms with Crippen LogP contribution in [0.25, 0.3) is 0 Å². The fourth-order valence-corrected chi connectivity index (χ4v) is 3.72. The molecule has 3 rings (SSSR count). The molecule has 6 heteroatoms. The lowest BCUT2D eigenvalue weighted by Gasteiger charge is -2.42. The number of halogens is 2. The van der Waals surface area contributed by atoms with E-state index in [2.05, 4.69) is 4.90 Å². The first-order valence-corrected chi connectivity index (χ1v) is 8.60. The molecule has 1 aromatic carbocycles. The maximum atomic E-state index is 13.9. The molecule has 132 valence electrons. The standard InChI is InChI=1S/C18H24F2N2O2/c1-12-10-21(8-6-17(12)23)16-3-2-7-22(18(16)24)11-13-4-5-14(19)9-15(13)20/h4-5,9,12,16-17,23H,2-3,6-8,10-11H2,1H3/t12-,16-,17-/m1/s1. The van der Waals surface area contributed by atoms with Gasteiger partial charge in [0.1, 0.15) is 11.6 Å². The molecule has 2 heterocycles. The molecule has 0 bridgehead atoms. The predicted octanol–water partition coefficient (Wildman–Crippen LogP) is 2.16. The van der Waals surface area contributed by atoms with Crippen LogP contribution in [0.2, 0.25) is 0 Å². The molecule has 1 amide bonds. The summed E-state index contributed by atoms with van der Waals surface area (Å²) < 4.78 is 26.9. The molecule has 2 saturated heterocycles. The topological polar surface area (TPSA) is 43.8 Å². The van der Waals surface area contributed by atoms with Gasteiger partial charge in [-0.05, 0) is 31.2 Å². The third-order valence-electron chi connectivity index (χ3n) is 5.21. The van der Waals surface area contributed by atoms with Gasteiger partial charge in [-0.2, -0.15) is 0 Å². The van der Waals surface area contributed by atoms with Crippen molar-refractivity contribution in [3.8, 4) is 0 Å². The van der Waals surface area contributed by atoms with E-state index in [1.807, 2.05) is 6.92 Å². The maximum Gasteiger partial charge on any atom is 0.240 e. The molecule has 0 spiro atoms. The number of carbonyl (C=O) groups is 1. The number of hydrogen-bond acceptors (Lipinski definition) is 3. The van der Waals surface area contributed by atoms with Crippen molar-refractivity contribution < 1.29 is 18.7 Å². The first-order chi connectivity index (χ1) is 11.5. The van der Waals surface area contributed by atoms with E-state index >= 15 is 0 Å². The number of likely N-dealkylation sites (tertiary alicyclic amines) is 2. The van der Waals surface area contributed by atoms with Gasteiger partial charge in [0.25, 0.3) is 0 Å². The van der Waals surface area contributed by atoms with Crippen LogP contribution in [0.3, 0.4) is 0 Å². The van der Waals surface area contributed by atoms with E-state index in [1.54, 1.807) is 4.90 Å². The molecule has 0 unspecified atom stereocenters. The van der Waals surface area contributed by atoms with E-state index in [1.165, 1.54) is 12.1 Å². The highest BCUT2D eigenvalue weighted by Gasteiger charge is 2.36. The number of piperidine rings is 2. The van der Waals surface area contributed by atoms with Gasteiger partial charge in [0.15, 0.2) is 0 Å². The Morgan fingerprint density at radius 2 is 2.04 bits per heavy atom. The molecule has 1 aromatic rings. The van der Waals surface area contributed by atoms with Crippen LogP contribution in [-0.4, -0.2) is 52.6 Å². The van der Waals surface area contributed by atoms with Crippen LogP contribution >= 0.6 is 0 Å². The van der Waals surface area contributed by atoms with Crippen molar-refractivity contribution in [2.24, 2.45) is 5.92 Å². The van der Waals surface area contributed by atoms with E-state index in [4.69, 9.17) is 0 Å². The minimum absolute atomic E-state index is 0.00793. The number of aliphatic hydroxyl groups excluding tert-OH is 1. The van der Waals surface area contributed by atoms with E-state index in [-0.39, 0.29) is 30.5 Å². The number of amides is 1. The Labute approximate surface area is 141 Å². The lowest BCUT2D eigenvalue weighted by atomic mass is 9.93. The summed E-state index contributed by atoms with van der Waals surface area (Å²) in [6, 6.07) is 3.28. The Morgan fingerprint density at radius 1 is 1.25 bits per heavy atom. The SMILES string of the molecule is C[C@@H]1CN([C@@H]2CCCN(Cc3ccc(F)cc3F)C2=O)CC[C@H]1O. The first kappa shape index (κ1) is 17.3. The van der Waals surface area contributed by atoms with E-state index in [9.17, 15) is 18.7 Å². The summed E-state index contributed by atoms with van der Waals surface area (Å²) in [5, 5.41) is 9.87. The highest BCUT2D eigenvalue weighted by Crippen LogP contribution is 2.25. The Morgan fingerprint density at radius 3 is 2.75 bits per heavy atom. The summed E-state index contributed by atoms with van der Waals surface area (Å²) in [6.45, 7) is 4.18. The second kappa shape index (κ2) is 7.15. The third-order valence-corrected chi connectivity index (χ3v) is 5.21. The van der Waals surface area contributed by atoms with Crippen LogP contribution in [-0.2, 0) is 11.3 Å². The Kier molecular flexibility index (Phi) is 5.15. The number of aliphatic hydroxyl groups is 1. The minimum atomic E-state index is -0.611. The van der Waals surface area contributed by atoms with Crippen molar-refractivity contribution in [1.82, 2.24) is 9.80 Å². The second-order valence-electron chi connectivity index (χ2n) is 6.98. The van der Waals surface area contributed by atoms with Crippen LogP contribution < -0.4 is 0 Å². The molecule has 4 nitrogen and oxygen atoms in total. The molecule has 2 aliphatic rings. The number of nitrogens with zero attached hydrogens (tertiary/aromatic N) is 2. The van der Waals surface area contributed by atoms with Gasteiger partial charge in [0.2, 0.25) is 5.91 Å². The fraction of sp³-hybridized carbons (Fsp3) is 0.611. The number of rotatable bonds is 3. The van der Waals surface area contributed by atoms with Gasteiger partial charge in [-0.3, -0.25) is 9.69 Å². The highest BCUT2D eigenvalue weighted by molar-refractivity contribution is 5.82. The Balaban J connectivity index is 1.68. The zero-order valence-corrected chi connectivity index (χ0v) is 13.9. The van der Waals surface area contributed by atoms with Crippen molar-refractivity contribution in [2.75, 3.05) is 19.6 Å². The van der Waals surface area contributed by atoms with Crippen molar-refractivity contribution in [3.05, 3.63) is 35.4 Å². The quantitative estimate of drug-likeness (QED) is 0.918. The summed E-state index contributed by atoms with van der Waals surface area (Å²) in [4.78, 5) is 16.6. The van der Waals surface area contributed by atoms with Gasteiger partial charge in [-0.15, -0.1) is 0 Å². The summed E-state index contributed by atoms with van der Waals surface area (Å²) >= 11 is 0. The fourth-order valence-electron chi connectivity index (χ4n) is 3.72. The van der Waals surface area contributed by atoms with Gasteiger partial charge in [0.05, 0.1) is 12.1 Å². The average Bonchev–Trinajstić information content (AvgIpc) is 2.54. The number of hydrogen-bond donors (Lipinski definition) is 1. The predicted molar refractivity (Wildman–Crippen MR) is 86.2 cm³/mol. The molecule has 0 radical (unpaired) electrons. The van der Waals surface area contributed by atoms with E-state index in [0.29, 0.717) is 31.6 Å². The normalized spacial score (nSPS) is 29.1. The van der Waals surface area contributed by atoms with Crippen molar-refractivity contribution in [2.45, 2.75) is 44.9 Å². The molecule has 3 atom stereocenters. The molecule has 0 aliphatic carbocycles. The van der Waals surface area contributed by atoms with E-state index < -0.39 is 11.6 Å². The van der Waals surface area contributed by atoms with Crippen LogP contribution in [0.15, 0.2) is 18.2 Å². The Hall–Kier alpha value is -1.53. The second-order valence-corrected chi connectivity index (χ2v) is 6.98. The van der Waals surface area contributed by atoms with Crippen LogP contribution in [0, 0.1) is 17.6 Å². The smallest absolute Gasteiger partial charge is 0.240 e. The average molecular weight is 338 g/mol. The van der Waals surface area contributed by atoms with Gasteiger partial charge in [0, 0.05) is 37.8 Å². The minimum Gasteiger partial charge on any atom is -0.393 e. The molecule has 24 heavy (non-hydrogen) atoms. The summed E-state index contributed by atoms with van der Waals surface area (Å²) in [5.41, 5.74) is 0.341. The van der Waals surface area contributed by atoms with Gasteiger partial charge in [-0.25, -0.2) is 8.78 Å². The third kappa shape index (κ3) is 3.59. The summed E-state index contributed by atoms with van der Waals surface area (Å²) in [7, 11) is 0. The zero-order valence-electron chi connectivity index (χ0n) is 13.9. The zero-order chi connectivity index (χ0) is 17.3. The van der Waals surface area contributed by atoms with E-state index in [0.717, 1.165) is 18.9 Å². The molecular formula is C18H24F2N2O2.